The number of nitrogens with one attached hydrogen (secondary N) is 14. The number of aliphatic hydroxyl groups is 1. The van der Waals surface area contributed by atoms with Gasteiger partial charge in [0.1, 0.15) is 77.5 Å². The lowest BCUT2D eigenvalue weighted by atomic mass is 9.91. The van der Waals surface area contributed by atoms with Gasteiger partial charge in [-0.1, -0.05) is 84.9 Å². The van der Waals surface area contributed by atoms with E-state index >= 15 is 28.8 Å². The Balaban J connectivity index is 1.35. The molecule has 38 nitrogen and oxygen atoms in total. The van der Waals surface area contributed by atoms with Gasteiger partial charge < -0.3 is 113 Å². The number of carbonyl (C=O) groups is 17. The molecule has 1 heterocycles. The summed E-state index contributed by atoms with van der Waals surface area (Å²) in [4.78, 5) is 240. The molecule has 5 aromatic carbocycles. The second kappa shape index (κ2) is 49.4. The van der Waals surface area contributed by atoms with Crippen molar-refractivity contribution in [2.75, 3.05) is 26.7 Å². The summed E-state index contributed by atoms with van der Waals surface area (Å²) in [6.45, 7) is 9.20. The maximum absolute atomic E-state index is 15.6. The number of aliphatic hydroxyl groups excluding tert-OH is 1. The Kier molecular flexibility index (Phi) is 40.1. The standard InChI is InChI=1S/C87H118FN19O19S2/c1-47(108)71(105-76(117)60(32-34-66(90)110)98-82(123)72(85(3,4)127)104-70(114)42-50-23-28-55(88)29-24-50)81(122)101-64(43-54-45-95-58-20-12-11-19-57(54)58)79(120)97-61(33-35-67(91)111)77(118)106-73(86(5,6)128)83(124)102-62(40-49-25-30-56(126-8)31-26-49)78(119)99-63(41-51-22-27-52-17-9-10-18-53(52)39-51)80(121)107-87(7,36-14-15-37-89)84(125)103-59(21-13-16-38-94-48(2)109)75(116)100-65(44-68(92)112)74(115)96-46-69(93)113/h9-12,17-20,22-31,39,45,47,59-65,71-73,95,108,127-128H,13-16,21,32-38,40-44,46,89H2,1-8H3,(H2,90,110)(H2,91,111)(H2,92,112)(H2,93,113)(H,94,109)(H,96,115)(H,97,120)(H,98,123)(H,99,119)(H,100,116)(H,101,122)(H,102,124)(H,103,125)(H,104,114)(H,105,117)(H,106,118)(H,107,121)/t47-,59+,60+,61+,62+,63+,64+,65+,71+,72-,73-,87+/m1/s1. The third-order valence-electron chi connectivity index (χ3n) is 20.8. The van der Waals surface area contributed by atoms with Crippen molar-refractivity contribution in [3.63, 3.8) is 0 Å². The predicted octanol–water partition coefficient (Wildman–Crippen LogP) is -1.30. The smallest absolute Gasteiger partial charge is 0.246 e. The fraction of sp³-hybridized carbons (Fsp3) is 0.460. The summed E-state index contributed by atoms with van der Waals surface area (Å²) in [5.41, 5.74) is 28.1. The Hall–Kier alpha value is -12.8. The molecule has 6 rings (SSSR count). The molecular weight excluding hydrogens is 1700 g/mol. The Morgan fingerprint density at radius 2 is 0.984 bits per heavy atom. The molecule has 0 aliphatic rings. The maximum atomic E-state index is 15.6. The predicted molar refractivity (Wildman–Crippen MR) is 478 cm³/mol. The fourth-order valence-corrected chi connectivity index (χ4v) is 14.1. The number of aromatic nitrogens is 1. The van der Waals surface area contributed by atoms with Crippen molar-refractivity contribution in [1.82, 2.24) is 74.1 Å². The number of H-pyrrole nitrogens is 1. The van der Waals surface area contributed by atoms with E-state index in [1.54, 1.807) is 72.8 Å². The Morgan fingerprint density at radius 3 is 1.56 bits per heavy atom. The number of fused-ring (bicyclic) bond motifs is 2. The van der Waals surface area contributed by atoms with Crippen molar-refractivity contribution >= 4 is 147 Å². The summed E-state index contributed by atoms with van der Waals surface area (Å²) < 4.78 is 16.2. The van der Waals surface area contributed by atoms with E-state index in [4.69, 9.17) is 46.0 Å². The molecule has 6 aromatic rings. The summed E-state index contributed by atoms with van der Waals surface area (Å²) in [5.74, 6) is -16.8. The number of benzene rings is 5. The molecule has 694 valence electrons. The zero-order valence-electron chi connectivity index (χ0n) is 72.6. The van der Waals surface area contributed by atoms with E-state index in [9.17, 15) is 62.2 Å². The second-order valence-corrected chi connectivity index (χ2v) is 34.9. The van der Waals surface area contributed by atoms with Crippen LogP contribution in [0.15, 0.2) is 121 Å². The van der Waals surface area contributed by atoms with Gasteiger partial charge in [-0.25, -0.2) is 4.39 Å². The molecule has 25 N–H and O–H groups in total. The van der Waals surface area contributed by atoms with Crippen LogP contribution >= 0.6 is 25.3 Å². The van der Waals surface area contributed by atoms with Crippen LogP contribution in [0.5, 0.6) is 5.75 Å². The van der Waals surface area contributed by atoms with Gasteiger partial charge in [0.15, 0.2) is 0 Å². The van der Waals surface area contributed by atoms with Crippen molar-refractivity contribution in [3.05, 3.63) is 150 Å². The minimum atomic E-state index is -1.99. The zero-order valence-corrected chi connectivity index (χ0v) is 74.4. The van der Waals surface area contributed by atoms with Gasteiger partial charge in [-0.05, 0) is 163 Å². The quantitative estimate of drug-likeness (QED) is 0.0156. The first-order chi connectivity index (χ1) is 60.3. The number of ether oxygens (including phenoxy) is 1. The number of para-hydroxylation sites is 1. The van der Waals surface area contributed by atoms with Crippen LogP contribution in [0, 0.1) is 5.82 Å². The molecule has 0 unspecified atom stereocenters. The lowest BCUT2D eigenvalue weighted by molar-refractivity contribution is -0.138. The first kappa shape index (κ1) is 104. The highest BCUT2D eigenvalue weighted by Gasteiger charge is 2.44. The van der Waals surface area contributed by atoms with Crippen LogP contribution < -0.4 is 103 Å². The fourth-order valence-electron chi connectivity index (χ4n) is 13.7. The minimum Gasteiger partial charge on any atom is -0.497 e. The number of thiol groups is 2. The van der Waals surface area contributed by atoms with Gasteiger partial charge >= 0.3 is 0 Å². The number of rotatable bonds is 53. The Bertz CT molecular complexity index is 4950. The number of hydrogen-bond acceptors (Lipinski definition) is 22. The number of primary amides is 4. The molecule has 0 saturated heterocycles. The van der Waals surface area contributed by atoms with Gasteiger partial charge in [-0.2, -0.15) is 25.3 Å². The molecule has 128 heavy (non-hydrogen) atoms. The molecule has 17 amide bonds. The van der Waals surface area contributed by atoms with E-state index in [1.807, 2.05) is 18.2 Å². The van der Waals surface area contributed by atoms with E-state index in [0.29, 0.717) is 45.3 Å². The number of aromatic amines is 1. The molecule has 12 atom stereocenters. The Morgan fingerprint density at radius 1 is 0.484 bits per heavy atom. The highest BCUT2D eigenvalue weighted by atomic mass is 32.1. The van der Waals surface area contributed by atoms with E-state index in [1.165, 1.54) is 67.0 Å². The zero-order chi connectivity index (χ0) is 94.9. The van der Waals surface area contributed by atoms with Crippen LogP contribution in [-0.4, -0.2) is 219 Å². The molecule has 0 fully saturated rings. The van der Waals surface area contributed by atoms with Crippen molar-refractivity contribution in [2.45, 2.75) is 226 Å². The SMILES string of the molecule is COc1ccc(C[C@H](NC(=O)[C@@H](NC(=O)[C@H](CCC(N)=O)NC(=O)[C@H](Cc2c[nH]c3ccccc23)NC(=O)[C@@H](NC(=O)[C@H](CCC(N)=O)NC(=O)[C@@H](NC(=O)Cc2ccc(F)cc2)C(C)(C)S)[C@@H](C)O)C(C)(C)S)C(=O)N[C@@H](Cc2ccc3ccccc3c2)C(=O)N[C@@](C)(CCCCN)C(=O)N[C@@H](CCCCNC(C)=O)C(=O)N[C@@H](CC(N)=O)C(=O)NCC(N)=O)cc1. The summed E-state index contributed by atoms with van der Waals surface area (Å²) in [5, 5.41) is 46.9. The molecule has 41 heteroatoms. The topological polar surface area (TPSA) is 622 Å². The molecule has 0 radical (unpaired) electrons. The lowest BCUT2D eigenvalue weighted by Crippen LogP contribution is -2.65. The molecule has 0 aliphatic carbocycles. The van der Waals surface area contributed by atoms with Crippen molar-refractivity contribution < 1.29 is 95.7 Å². The van der Waals surface area contributed by atoms with Gasteiger partial charge in [0.25, 0.3) is 0 Å². The van der Waals surface area contributed by atoms with E-state index in [2.05, 4.69) is 86.7 Å². The number of halogens is 1. The molecule has 0 aliphatic heterocycles. The Labute approximate surface area is 750 Å². The van der Waals surface area contributed by atoms with Crippen molar-refractivity contribution in [1.29, 1.82) is 0 Å². The summed E-state index contributed by atoms with van der Waals surface area (Å²) in [6.07, 6.45) is -3.88. The molecular formula is C87H118FN19O19S2. The van der Waals surface area contributed by atoms with E-state index in [0.717, 1.165) is 29.8 Å². The number of hydrogen-bond donors (Lipinski definition) is 22. The van der Waals surface area contributed by atoms with Crippen LogP contribution in [-0.2, 0) is 107 Å². The lowest BCUT2D eigenvalue weighted by Gasteiger charge is -2.34. The van der Waals surface area contributed by atoms with Crippen LogP contribution in [0.2, 0.25) is 0 Å². The monoisotopic (exact) mass is 1820 g/mol. The summed E-state index contributed by atoms with van der Waals surface area (Å²) >= 11 is 9.29. The average molecular weight is 1820 g/mol. The highest BCUT2D eigenvalue weighted by molar-refractivity contribution is 7.82. The normalized spacial score (nSPS) is 14.4. The number of carbonyl (C=O) groups excluding carboxylic acids is 17. The van der Waals surface area contributed by atoms with Crippen LogP contribution in [0.3, 0.4) is 0 Å². The molecule has 0 saturated carbocycles. The van der Waals surface area contributed by atoms with Crippen molar-refractivity contribution in [2.24, 2.45) is 28.7 Å². The largest absolute Gasteiger partial charge is 0.497 e. The number of methoxy groups -OCH3 is 1. The second-order valence-electron chi connectivity index (χ2n) is 32.6. The first-order valence-electron chi connectivity index (χ1n) is 41.5. The third kappa shape index (κ3) is 33.9. The molecule has 1 aromatic heterocycles. The van der Waals surface area contributed by atoms with E-state index in [-0.39, 0.29) is 70.4 Å². The number of amides is 17. The van der Waals surface area contributed by atoms with Gasteiger partial charge in [-0.15, -0.1) is 0 Å². The van der Waals surface area contributed by atoms with Gasteiger partial charge in [0.05, 0.1) is 32.6 Å². The molecule has 0 spiro atoms. The maximum Gasteiger partial charge on any atom is 0.246 e. The minimum absolute atomic E-state index is 0.132. The van der Waals surface area contributed by atoms with Crippen LogP contribution in [0.25, 0.3) is 21.7 Å². The highest BCUT2D eigenvalue weighted by Crippen LogP contribution is 2.26. The first-order valence-corrected chi connectivity index (χ1v) is 42.4. The number of nitrogens with two attached hydrogens (primary N) is 5. The average Bonchev–Trinajstić information content (AvgIpc) is 0.953. The van der Waals surface area contributed by atoms with Crippen LogP contribution in [0.4, 0.5) is 4.39 Å². The third-order valence-corrected chi connectivity index (χ3v) is 21.3. The van der Waals surface area contributed by atoms with Crippen molar-refractivity contribution in [3.8, 4) is 5.75 Å². The number of unbranched alkanes of at least 4 members (excludes halogenated alkanes) is 2. The van der Waals surface area contributed by atoms with Gasteiger partial charge in [0.2, 0.25) is 100 Å². The summed E-state index contributed by atoms with van der Waals surface area (Å²) in [7, 11) is 1.42. The van der Waals surface area contributed by atoms with E-state index < -0.39 is 227 Å². The molecule has 0 bridgehead atoms. The van der Waals surface area contributed by atoms with Gasteiger partial charge in [0, 0.05) is 72.2 Å². The summed E-state index contributed by atoms with van der Waals surface area (Å²) in [6, 6.07) is 13.6. The van der Waals surface area contributed by atoms with Gasteiger partial charge in [-0.3, -0.25) is 81.5 Å². The van der Waals surface area contributed by atoms with Crippen LogP contribution in [0.1, 0.15) is 141 Å².